The minimum Gasteiger partial charge on any atom is -0.441 e. The van der Waals surface area contributed by atoms with Crippen LogP contribution in [0.5, 0.6) is 0 Å². The molecule has 0 spiro atoms. The van der Waals surface area contributed by atoms with Crippen molar-refractivity contribution < 1.29 is 14.0 Å². The van der Waals surface area contributed by atoms with Gasteiger partial charge in [-0.05, 0) is 73.2 Å². The molecule has 0 aliphatic rings. The van der Waals surface area contributed by atoms with Crippen molar-refractivity contribution in [1.82, 2.24) is 15.3 Å². The molecule has 7 heteroatoms. The van der Waals surface area contributed by atoms with E-state index < -0.39 is 0 Å². The van der Waals surface area contributed by atoms with Crippen LogP contribution in [0, 0.1) is 12.8 Å². The van der Waals surface area contributed by atoms with Crippen molar-refractivity contribution in [3.63, 3.8) is 0 Å². The molecule has 0 atom stereocenters. The molecule has 2 aromatic carbocycles. The summed E-state index contributed by atoms with van der Waals surface area (Å²) < 4.78 is 5.87. The number of anilines is 1. The summed E-state index contributed by atoms with van der Waals surface area (Å²) in [5, 5.41) is 5.85. The van der Waals surface area contributed by atoms with Gasteiger partial charge >= 0.3 is 0 Å². The molecule has 190 valence electrons. The molecule has 2 heterocycles. The van der Waals surface area contributed by atoms with Gasteiger partial charge in [0.2, 0.25) is 11.8 Å². The van der Waals surface area contributed by atoms with E-state index in [1.165, 1.54) is 5.56 Å². The van der Waals surface area contributed by atoms with Gasteiger partial charge in [0.05, 0.1) is 6.54 Å². The van der Waals surface area contributed by atoms with E-state index in [-0.39, 0.29) is 18.4 Å². The maximum absolute atomic E-state index is 12.6. The molecule has 0 saturated carbocycles. The molecule has 7 nitrogen and oxygen atoms in total. The Balaban J connectivity index is 1.34. The Morgan fingerprint density at radius 2 is 1.81 bits per heavy atom. The maximum atomic E-state index is 12.6. The topological polar surface area (TPSA) is 97.1 Å². The summed E-state index contributed by atoms with van der Waals surface area (Å²) in [5.74, 6) is 1.40. The Morgan fingerprint density at radius 1 is 1.00 bits per heavy atom. The predicted molar refractivity (Wildman–Crippen MR) is 144 cm³/mol. The van der Waals surface area contributed by atoms with Crippen molar-refractivity contribution in [2.75, 3.05) is 5.32 Å². The first-order valence-corrected chi connectivity index (χ1v) is 12.5. The van der Waals surface area contributed by atoms with E-state index in [4.69, 9.17) is 4.42 Å². The number of rotatable bonds is 10. The standard InChI is InChI=1S/C30H32N4O3/c1-20(2)16-22-9-12-24(13-10-22)29(36)32-19-27-21(3)37-30(34-27)25-7-4-8-26(17-25)33-28(35)14-11-23-6-5-15-31-18-23/h4-10,12-13,15,17-18,20H,11,14,16,19H2,1-3H3,(H,32,36)(H,33,35). The summed E-state index contributed by atoms with van der Waals surface area (Å²) in [6, 6.07) is 18.9. The van der Waals surface area contributed by atoms with Gasteiger partial charge in [0.1, 0.15) is 11.5 Å². The van der Waals surface area contributed by atoms with Crippen molar-refractivity contribution in [3.05, 3.63) is 101 Å². The average molecular weight is 497 g/mol. The van der Waals surface area contributed by atoms with Crippen LogP contribution in [0.2, 0.25) is 0 Å². The minimum atomic E-state index is -0.156. The van der Waals surface area contributed by atoms with Crippen LogP contribution in [0.25, 0.3) is 11.5 Å². The number of nitrogens with one attached hydrogen (secondary N) is 2. The van der Waals surface area contributed by atoms with Gasteiger partial charge in [-0.2, -0.15) is 0 Å². The van der Waals surface area contributed by atoms with Crippen LogP contribution in [0.4, 0.5) is 5.69 Å². The Morgan fingerprint density at radius 3 is 2.54 bits per heavy atom. The number of nitrogens with zero attached hydrogens (tertiary/aromatic N) is 2. The van der Waals surface area contributed by atoms with E-state index in [2.05, 4.69) is 34.4 Å². The van der Waals surface area contributed by atoms with Crippen LogP contribution in [-0.2, 0) is 24.2 Å². The highest BCUT2D eigenvalue weighted by Gasteiger charge is 2.14. The summed E-state index contributed by atoms with van der Waals surface area (Å²) in [6.07, 6.45) is 5.44. The van der Waals surface area contributed by atoms with Crippen LogP contribution in [0.3, 0.4) is 0 Å². The molecule has 0 aliphatic carbocycles. The Bertz CT molecular complexity index is 1350. The fraction of sp³-hybridized carbons (Fsp3) is 0.267. The number of oxazole rings is 1. The molecular formula is C30H32N4O3. The molecule has 0 bridgehead atoms. The third-order valence-corrected chi connectivity index (χ3v) is 5.93. The fourth-order valence-corrected chi connectivity index (χ4v) is 4.00. The summed E-state index contributed by atoms with van der Waals surface area (Å²) in [7, 11) is 0. The van der Waals surface area contributed by atoms with Gasteiger partial charge < -0.3 is 15.1 Å². The zero-order valence-corrected chi connectivity index (χ0v) is 21.5. The summed E-state index contributed by atoms with van der Waals surface area (Å²) in [5.41, 5.74) is 4.91. The first-order chi connectivity index (χ1) is 17.9. The predicted octanol–water partition coefficient (Wildman–Crippen LogP) is 5.74. The van der Waals surface area contributed by atoms with Gasteiger partial charge in [-0.1, -0.05) is 38.1 Å². The number of amides is 2. The minimum absolute atomic E-state index is 0.0785. The quantitative estimate of drug-likeness (QED) is 0.292. The van der Waals surface area contributed by atoms with Crippen LogP contribution >= 0.6 is 0 Å². The lowest BCUT2D eigenvalue weighted by molar-refractivity contribution is -0.116. The summed E-state index contributed by atoms with van der Waals surface area (Å²) >= 11 is 0. The maximum Gasteiger partial charge on any atom is 0.251 e. The number of aromatic nitrogens is 2. The fourth-order valence-electron chi connectivity index (χ4n) is 4.00. The van der Waals surface area contributed by atoms with E-state index in [1.807, 2.05) is 67.6 Å². The number of carbonyl (C=O) groups excluding carboxylic acids is 2. The van der Waals surface area contributed by atoms with Crippen molar-refractivity contribution in [2.45, 2.75) is 46.6 Å². The van der Waals surface area contributed by atoms with Gasteiger partial charge in [0.15, 0.2) is 0 Å². The lowest BCUT2D eigenvalue weighted by Crippen LogP contribution is -2.23. The van der Waals surface area contributed by atoms with Gasteiger partial charge in [0, 0.05) is 35.6 Å². The third kappa shape index (κ3) is 7.36. The molecule has 0 radical (unpaired) electrons. The average Bonchev–Trinajstić information content (AvgIpc) is 3.27. The first-order valence-electron chi connectivity index (χ1n) is 12.5. The van der Waals surface area contributed by atoms with Crippen molar-refractivity contribution in [2.24, 2.45) is 5.92 Å². The van der Waals surface area contributed by atoms with Crippen LogP contribution in [0.1, 0.15) is 53.2 Å². The number of aryl methyl sites for hydroxylation is 2. The number of pyridine rings is 1. The highest BCUT2D eigenvalue weighted by atomic mass is 16.4. The van der Waals surface area contributed by atoms with Crippen LogP contribution in [0.15, 0.2) is 77.5 Å². The first kappa shape index (κ1) is 25.8. The van der Waals surface area contributed by atoms with Crippen LogP contribution in [-0.4, -0.2) is 21.8 Å². The lowest BCUT2D eigenvalue weighted by Gasteiger charge is -2.07. The molecule has 0 aliphatic heterocycles. The van der Waals surface area contributed by atoms with Gasteiger partial charge in [-0.25, -0.2) is 4.98 Å². The Labute approximate surface area is 217 Å². The Kier molecular flexibility index (Phi) is 8.46. The van der Waals surface area contributed by atoms with Crippen LogP contribution < -0.4 is 10.6 Å². The smallest absolute Gasteiger partial charge is 0.251 e. The number of carbonyl (C=O) groups is 2. The highest BCUT2D eigenvalue weighted by Crippen LogP contribution is 2.24. The zero-order valence-electron chi connectivity index (χ0n) is 21.5. The second kappa shape index (κ2) is 12.1. The number of benzene rings is 2. The monoisotopic (exact) mass is 496 g/mol. The molecule has 2 aromatic heterocycles. The summed E-state index contributed by atoms with van der Waals surface area (Å²) in [6.45, 7) is 6.43. The molecule has 0 unspecified atom stereocenters. The molecule has 2 N–H and O–H groups in total. The highest BCUT2D eigenvalue weighted by molar-refractivity contribution is 5.94. The molecule has 2 amide bonds. The lowest BCUT2D eigenvalue weighted by atomic mass is 10.0. The molecule has 0 fully saturated rings. The molecule has 4 aromatic rings. The van der Waals surface area contributed by atoms with Crippen molar-refractivity contribution in [3.8, 4) is 11.5 Å². The van der Waals surface area contributed by atoms with E-state index >= 15 is 0 Å². The van der Waals surface area contributed by atoms with Gasteiger partial charge in [0.25, 0.3) is 5.91 Å². The number of hydrogen-bond donors (Lipinski definition) is 2. The Hall–Kier alpha value is -4.26. The second-order valence-electron chi connectivity index (χ2n) is 9.49. The van der Waals surface area contributed by atoms with Crippen molar-refractivity contribution in [1.29, 1.82) is 0 Å². The van der Waals surface area contributed by atoms with E-state index in [1.54, 1.807) is 12.4 Å². The zero-order chi connectivity index (χ0) is 26.2. The molecule has 37 heavy (non-hydrogen) atoms. The SMILES string of the molecule is Cc1oc(-c2cccc(NC(=O)CCc3cccnc3)c2)nc1CNC(=O)c1ccc(CC(C)C)cc1. The van der Waals surface area contributed by atoms with Gasteiger partial charge in [-0.3, -0.25) is 14.6 Å². The second-order valence-corrected chi connectivity index (χ2v) is 9.49. The van der Waals surface area contributed by atoms with E-state index in [0.29, 0.717) is 47.4 Å². The number of hydrogen-bond acceptors (Lipinski definition) is 5. The van der Waals surface area contributed by atoms with E-state index in [9.17, 15) is 9.59 Å². The van der Waals surface area contributed by atoms with Crippen molar-refractivity contribution >= 4 is 17.5 Å². The third-order valence-electron chi connectivity index (χ3n) is 5.93. The largest absolute Gasteiger partial charge is 0.441 e. The van der Waals surface area contributed by atoms with Gasteiger partial charge in [-0.15, -0.1) is 0 Å². The van der Waals surface area contributed by atoms with E-state index in [0.717, 1.165) is 17.5 Å². The normalized spacial score (nSPS) is 10.9. The molecular weight excluding hydrogens is 464 g/mol. The molecule has 0 saturated heterocycles. The summed E-state index contributed by atoms with van der Waals surface area (Å²) in [4.78, 5) is 33.7. The molecule has 4 rings (SSSR count).